The van der Waals surface area contributed by atoms with Gasteiger partial charge in [-0.1, -0.05) is 11.8 Å². The normalized spacial score (nSPS) is 10.3. The minimum Gasteiger partial charge on any atom is -0.383 e. The van der Waals surface area contributed by atoms with Crippen LogP contribution in [0.2, 0.25) is 0 Å². The largest absolute Gasteiger partial charge is 0.383 e. The van der Waals surface area contributed by atoms with E-state index in [0.29, 0.717) is 22.5 Å². The number of thiazole rings is 1. The van der Waals surface area contributed by atoms with Gasteiger partial charge in [-0.25, -0.2) is 9.97 Å². The average molecular weight is 297 g/mol. The Hall–Kier alpha value is -1.87. The van der Waals surface area contributed by atoms with Crippen LogP contribution in [0.15, 0.2) is 27.6 Å². The van der Waals surface area contributed by atoms with Crippen LogP contribution in [-0.2, 0) is 4.79 Å². The van der Waals surface area contributed by atoms with E-state index in [1.807, 2.05) is 0 Å². The number of aromatic nitrogens is 3. The lowest BCUT2D eigenvalue weighted by Crippen LogP contribution is -2.13. The molecule has 0 saturated carbocycles. The standard InChI is InChI=1S/C10H11N5O2S2/c11-6-5-8(17)15-10(13-6)18-3-1-7(16)14-9-12-2-4-19-9/h2,4-5H,1,3H2,(H,12,14,16)(H3,11,13,15,17). The van der Waals surface area contributed by atoms with Crippen molar-refractivity contribution in [3.63, 3.8) is 0 Å². The molecule has 0 spiro atoms. The first-order valence-electron chi connectivity index (χ1n) is 5.32. The molecule has 0 aliphatic carbocycles. The van der Waals surface area contributed by atoms with Crippen LogP contribution in [0.4, 0.5) is 10.9 Å². The van der Waals surface area contributed by atoms with Gasteiger partial charge < -0.3 is 16.0 Å². The summed E-state index contributed by atoms with van der Waals surface area (Å²) < 4.78 is 0. The molecule has 0 unspecified atom stereocenters. The van der Waals surface area contributed by atoms with Crippen molar-refractivity contribution in [1.29, 1.82) is 0 Å². The third-order valence-electron chi connectivity index (χ3n) is 1.99. The van der Waals surface area contributed by atoms with Crippen molar-refractivity contribution in [1.82, 2.24) is 15.0 Å². The fraction of sp³-hybridized carbons (Fsp3) is 0.200. The highest BCUT2D eigenvalue weighted by Crippen LogP contribution is 2.14. The Morgan fingerprint density at radius 1 is 1.58 bits per heavy atom. The first-order valence-corrected chi connectivity index (χ1v) is 7.19. The van der Waals surface area contributed by atoms with Crippen molar-refractivity contribution < 1.29 is 4.79 Å². The summed E-state index contributed by atoms with van der Waals surface area (Å²) in [5, 5.41) is 5.44. The minimum absolute atomic E-state index is 0.131. The number of rotatable bonds is 5. The van der Waals surface area contributed by atoms with Gasteiger partial charge in [0.25, 0.3) is 5.56 Å². The summed E-state index contributed by atoms with van der Waals surface area (Å²) in [7, 11) is 0. The quantitative estimate of drug-likeness (QED) is 0.559. The summed E-state index contributed by atoms with van der Waals surface area (Å²) in [6.45, 7) is 0. The van der Waals surface area contributed by atoms with Crippen molar-refractivity contribution in [2.75, 3.05) is 16.8 Å². The van der Waals surface area contributed by atoms with E-state index in [2.05, 4.69) is 20.3 Å². The molecule has 0 aliphatic rings. The molecule has 2 aromatic rings. The van der Waals surface area contributed by atoms with E-state index in [-0.39, 0.29) is 17.3 Å². The van der Waals surface area contributed by atoms with E-state index in [1.54, 1.807) is 11.6 Å². The Balaban J connectivity index is 1.80. The number of hydrogen-bond acceptors (Lipinski definition) is 7. The molecular weight excluding hydrogens is 286 g/mol. The van der Waals surface area contributed by atoms with Gasteiger partial charge in [0.05, 0.1) is 0 Å². The second-order valence-corrected chi connectivity index (χ2v) is 5.44. The van der Waals surface area contributed by atoms with E-state index in [0.717, 1.165) is 0 Å². The summed E-state index contributed by atoms with van der Waals surface area (Å²) in [6.07, 6.45) is 1.92. The third-order valence-corrected chi connectivity index (χ3v) is 3.55. The predicted octanol–water partition coefficient (Wildman–Crippen LogP) is 0.929. The van der Waals surface area contributed by atoms with Crippen LogP contribution in [0.5, 0.6) is 0 Å². The topological polar surface area (TPSA) is 114 Å². The number of carbonyl (C=O) groups excluding carboxylic acids is 1. The molecule has 0 bridgehead atoms. The summed E-state index contributed by atoms with van der Waals surface area (Å²) >= 11 is 2.62. The zero-order valence-electron chi connectivity index (χ0n) is 9.75. The monoisotopic (exact) mass is 297 g/mol. The summed E-state index contributed by atoms with van der Waals surface area (Å²) in [5.41, 5.74) is 5.15. The van der Waals surface area contributed by atoms with Gasteiger partial charge in [0, 0.05) is 29.8 Å². The molecular formula is C10H11N5O2S2. The van der Waals surface area contributed by atoms with Crippen LogP contribution in [0.25, 0.3) is 0 Å². The van der Waals surface area contributed by atoms with E-state index in [9.17, 15) is 9.59 Å². The fourth-order valence-electron chi connectivity index (χ4n) is 1.23. The number of hydrogen-bond donors (Lipinski definition) is 3. The minimum atomic E-state index is -0.303. The second kappa shape index (κ2) is 6.34. The molecule has 0 atom stereocenters. The molecule has 7 nitrogen and oxygen atoms in total. The lowest BCUT2D eigenvalue weighted by Gasteiger charge is -2.02. The molecule has 100 valence electrons. The number of amides is 1. The van der Waals surface area contributed by atoms with Crippen LogP contribution in [0, 0.1) is 0 Å². The van der Waals surface area contributed by atoms with Crippen molar-refractivity contribution >= 4 is 40.0 Å². The summed E-state index contributed by atoms with van der Waals surface area (Å²) in [6, 6.07) is 1.21. The van der Waals surface area contributed by atoms with E-state index >= 15 is 0 Å². The van der Waals surface area contributed by atoms with E-state index in [4.69, 9.17) is 5.73 Å². The number of H-pyrrole nitrogens is 1. The molecule has 1 amide bonds. The molecule has 2 aromatic heterocycles. The maximum absolute atomic E-state index is 11.6. The number of thioether (sulfide) groups is 1. The van der Waals surface area contributed by atoms with Gasteiger partial charge in [0.15, 0.2) is 10.3 Å². The van der Waals surface area contributed by atoms with Crippen LogP contribution in [0.1, 0.15) is 6.42 Å². The number of carbonyl (C=O) groups is 1. The zero-order chi connectivity index (χ0) is 13.7. The van der Waals surface area contributed by atoms with Crippen molar-refractivity contribution in [3.8, 4) is 0 Å². The Morgan fingerprint density at radius 2 is 2.42 bits per heavy atom. The van der Waals surface area contributed by atoms with Gasteiger partial charge >= 0.3 is 0 Å². The van der Waals surface area contributed by atoms with Crippen molar-refractivity contribution in [2.24, 2.45) is 0 Å². The van der Waals surface area contributed by atoms with Gasteiger partial charge in [0.1, 0.15) is 5.82 Å². The second-order valence-electron chi connectivity index (χ2n) is 3.46. The highest BCUT2D eigenvalue weighted by Gasteiger charge is 2.05. The highest BCUT2D eigenvalue weighted by atomic mass is 32.2. The average Bonchev–Trinajstić information content (AvgIpc) is 2.80. The maximum Gasteiger partial charge on any atom is 0.253 e. The molecule has 0 aromatic carbocycles. The number of nitrogen functional groups attached to an aromatic ring is 1. The van der Waals surface area contributed by atoms with Crippen LogP contribution in [0.3, 0.4) is 0 Å². The van der Waals surface area contributed by atoms with Gasteiger partial charge in [-0.05, 0) is 0 Å². The molecule has 2 rings (SSSR count). The van der Waals surface area contributed by atoms with Gasteiger partial charge in [-0.3, -0.25) is 9.59 Å². The highest BCUT2D eigenvalue weighted by molar-refractivity contribution is 7.99. The first-order chi connectivity index (χ1) is 9.13. The Morgan fingerprint density at radius 3 is 3.11 bits per heavy atom. The lowest BCUT2D eigenvalue weighted by atomic mass is 10.5. The first kappa shape index (κ1) is 13.6. The molecule has 2 heterocycles. The number of nitrogens with two attached hydrogens (primary N) is 1. The number of aromatic amines is 1. The molecule has 0 aliphatic heterocycles. The van der Waals surface area contributed by atoms with Gasteiger partial charge in [0.2, 0.25) is 5.91 Å². The molecule has 9 heteroatoms. The molecule has 4 N–H and O–H groups in total. The summed E-state index contributed by atoms with van der Waals surface area (Å²) in [5.74, 6) is 0.524. The molecule has 0 saturated heterocycles. The van der Waals surface area contributed by atoms with Gasteiger partial charge in [-0.15, -0.1) is 11.3 Å². The smallest absolute Gasteiger partial charge is 0.253 e. The van der Waals surface area contributed by atoms with Crippen molar-refractivity contribution in [3.05, 3.63) is 28.0 Å². The molecule has 0 radical (unpaired) electrons. The number of nitrogens with one attached hydrogen (secondary N) is 2. The van der Waals surface area contributed by atoms with Crippen LogP contribution >= 0.6 is 23.1 Å². The lowest BCUT2D eigenvalue weighted by molar-refractivity contribution is -0.115. The third kappa shape index (κ3) is 4.38. The Bertz CT molecular complexity index is 611. The van der Waals surface area contributed by atoms with Crippen LogP contribution in [-0.4, -0.2) is 26.6 Å². The Labute approximate surface area is 116 Å². The van der Waals surface area contributed by atoms with Gasteiger partial charge in [-0.2, -0.15) is 0 Å². The SMILES string of the molecule is Nc1cc(=O)[nH]c(SCCC(=O)Nc2nccs2)n1. The fourth-order valence-corrected chi connectivity index (χ4v) is 2.60. The summed E-state index contributed by atoms with van der Waals surface area (Å²) in [4.78, 5) is 33.1. The molecule has 0 fully saturated rings. The molecule has 19 heavy (non-hydrogen) atoms. The number of nitrogens with zero attached hydrogens (tertiary/aromatic N) is 2. The van der Waals surface area contributed by atoms with Crippen molar-refractivity contribution in [2.45, 2.75) is 11.6 Å². The maximum atomic E-state index is 11.6. The van der Waals surface area contributed by atoms with Crippen LogP contribution < -0.4 is 16.6 Å². The Kier molecular flexibility index (Phi) is 4.53. The van der Waals surface area contributed by atoms with E-state index in [1.165, 1.54) is 29.2 Å². The zero-order valence-corrected chi connectivity index (χ0v) is 11.4. The number of anilines is 2. The predicted molar refractivity (Wildman–Crippen MR) is 75.4 cm³/mol. The van der Waals surface area contributed by atoms with E-state index < -0.39 is 0 Å².